The highest BCUT2D eigenvalue weighted by atomic mass is 15.1. The van der Waals surface area contributed by atoms with E-state index in [1.54, 1.807) is 6.20 Å². The Hall–Kier alpha value is -2.98. The van der Waals surface area contributed by atoms with Crippen LogP contribution in [0, 0.1) is 6.92 Å². The lowest BCUT2D eigenvalue weighted by Gasteiger charge is -2.09. The number of hydrogen-bond acceptors (Lipinski definition) is 3. The molecule has 124 valence electrons. The molecule has 0 aliphatic heterocycles. The Kier molecular flexibility index (Phi) is 4.27. The van der Waals surface area contributed by atoms with Crippen molar-refractivity contribution in [3.63, 3.8) is 0 Å². The maximum Gasteiger partial charge on any atom is 0.137 e. The summed E-state index contributed by atoms with van der Waals surface area (Å²) in [5.41, 5.74) is 2.48. The van der Waals surface area contributed by atoms with Crippen molar-refractivity contribution in [2.75, 3.05) is 0 Å². The summed E-state index contributed by atoms with van der Waals surface area (Å²) in [4.78, 5) is 8.77. The monoisotopic (exact) mass is 328 g/mol. The summed E-state index contributed by atoms with van der Waals surface area (Å²) < 4.78 is 1.98. The maximum atomic E-state index is 4.54. The number of aromatic nitrogens is 3. The van der Waals surface area contributed by atoms with Gasteiger partial charge in [-0.2, -0.15) is 0 Å². The molecule has 0 saturated heterocycles. The van der Waals surface area contributed by atoms with Gasteiger partial charge in [0.05, 0.1) is 0 Å². The lowest BCUT2D eigenvalue weighted by atomic mass is 10.0. The van der Waals surface area contributed by atoms with Crippen LogP contribution in [0.25, 0.3) is 16.6 Å². The largest absolute Gasteiger partial charge is 0.309 e. The maximum absolute atomic E-state index is 4.54. The molecule has 0 aliphatic rings. The Labute approximate surface area is 147 Å². The molecule has 0 amide bonds. The molecule has 1 N–H and O–H groups in total. The topological polar surface area (TPSA) is 42.7 Å². The van der Waals surface area contributed by atoms with Crippen LogP contribution in [0.1, 0.15) is 17.0 Å². The standard InChI is InChI=1S/C21H20N4/c1-16-23-11-12-25(16)21-10-9-17(14-24-21)13-22-15-19-7-4-6-18-5-2-3-8-20(18)19/h2-12,14,22H,13,15H2,1H3. The molecule has 0 unspecified atom stereocenters. The second-order valence-corrected chi connectivity index (χ2v) is 6.11. The molecule has 4 nitrogen and oxygen atoms in total. The highest BCUT2D eigenvalue weighted by Gasteiger charge is 2.03. The second-order valence-electron chi connectivity index (χ2n) is 6.11. The minimum absolute atomic E-state index is 0.791. The Morgan fingerprint density at radius 1 is 0.920 bits per heavy atom. The smallest absolute Gasteiger partial charge is 0.137 e. The first-order valence-electron chi connectivity index (χ1n) is 8.44. The zero-order valence-corrected chi connectivity index (χ0v) is 14.2. The fourth-order valence-corrected chi connectivity index (χ4v) is 3.07. The van der Waals surface area contributed by atoms with Gasteiger partial charge in [-0.3, -0.25) is 4.57 Å². The zero-order valence-electron chi connectivity index (χ0n) is 14.2. The molecule has 4 rings (SSSR count). The molecule has 25 heavy (non-hydrogen) atoms. The Morgan fingerprint density at radius 2 is 1.80 bits per heavy atom. The summed E-state index contributed by atoms with van der Waals surface area (Å²) in [6.07, 6.45) is 5.64. The van der Waals surface area contributed by atoms with E-state index in [0.29, 0.717) is 0 Å². The summed E-state index contributed by atoms with van der Waals surface area (Å²) in [5.74, 6) is 1.84. The third kappa shape index (κ3) is 3.30. The van der Waals surface area contributed by atoms with Crippen LogP contribution < -0.4 is 5.32 Å². The van der Waals surface area contributed by atoms with Gasteiger partial charge in [-0.05, 0) is 34.9 Å². The quantitative estimate of drug-likeness (QED) is 0.602. The fourth-order valence-electron chi connectivity index (χ4n) is 3.07. The number of nitrogens with zero attached hydrogens (tertiary/aromatic N) is 3. The van der Waals surface area contributed by atoms with Gasteiger partial charge in [-0.15, -0.1) is 0 Å². The van der Waals surface area contributed by atoms with Gasteiger partial charge in [0.1, 0.15) is 11.6 Å². The van der Waals surface area contributed by atoms with Crippen molar-refractivity contribution in [1.82, 2.24) is 19.9 Å². The van der Waals surface area contributed by atoms with Crippen molar-refractivity contribution in [1.29, 1.82) is 0 Å². The predicted molar refractivity (Wildman–Crippen MR) is 101 cm³/mol. The van der Waals surface area contributed by atoms with E-state index in [-0.39, 0.29) is 0 Å². The molecule has 2 aromatic heterocycles. The fraction of sp³-hybridized carbons (Fsp3) is 0.143. The molecule has 0 aliphatic carbocycles. The van der Waals surface area contributed by atoms with Crippen molar-refractivity contribution in [3.8, 4) is 5.82 Å². The van der Waals surface area contributed by atoms with Gasteiger partial charge in [0.2, 0.25) is 0 Å². The highest BCUT2D eigenvalue weighted by Crippen LogP contribution is 2.18. The molecule has 4 aromatic rings. The Bertz CT molecular complexity index is 981. The SMILES string of the molecule is Cc1nccn1-c1ccc(CNCc2cccc3ccccc23)cn1. The van der Waals surface area contributed by atoms with Gasteiger partial charge in [-0.25, -0.2) is 9.97 Å². The molecule has 2 aromatic carbocycles. The number of rotatable bonds is 5. The first kappa shape index (κ1) is 15.5. The van der Waals surface area contributed by atoms with Crippen LogP contribution in [-0.4, -0.2) is 14.5 Å². The van der Waals surface area contributed by atoms with Crippen LogP contribution >= 0.6 is 0 Å². The predicted octanol–water partition coefficient (Wildman–Crippen LogP) is 4.02. The lowest BCUT2D eigenvalue weighted by Crippen LogP contribution is -2.13. The number of aryl methyl sites for hydroxylation is 1. The number of imidazole rings is 1. The lowest BCUT2D eigenvalue weighted by molar-refractivity contribution is 0.694. The van der Waals surface area contributed by atoms with Crippen molar-refractivity contribution in [2.24, 2.45) is 0 Å². The van der Waals surface area contributed by atoms with E-state index in [4.69, 9.17) is 0 Å². The summed E-state index contributed by atoms with van der Waals surface area (Å²) in [6.45, 7) is 3.60. The minimum atomic E-state index is 0.791. The minimum Gasteiger partial charge on any atom is -0.309 e. The summed E-state index contributed by atoms with van der Waals surface area (Å²) >= 11 is 0. The number of fused-ring (bicyclic) bond motifs is 1. The summed E-state index contributed by atoms with van der Waals surface area (Å²) in [6, 6.07) is 19.1. The highest BCUT2D eigenvalue weighted by molar-refractivity contribution is 5.85. The first-order valence-corrected chi connectivity index (χ1v) is 8.44. The van der Waals surface area contributed by atoms with Crippen molar-refractivity contribution < 1.29 is 0 Å². The number of benzene rings is 2. The van der Waals surface area contributed by atoms with E-state index in [1.807, 2.05) is 30.0 Å². The van der Waals surface area contributed by atoms with E-state index in [0.717, 1.165) is 24.7 Å². The molecular weight excluding hydrogens is 308 g/mol. The molecule has 0 spiro atoms. The van der Waals surface area contributed by atoms with E-state index < -0.39 is 0 Å². The van der Waals surface area contributed by atoms with Gasteiger partial charge in [-0.1, -0.05) is 48.5 Å². The average Bonchev–Trinajstić information content (AvgIpc) is 3.08. The third-order valence-corrected chi connectivity index (χ3v) is 4.41. The van der Waals surface area contributed by atoms with Gasteiger partial charge in [0, 0.05) is 31.7 Å². The van der Waals surface area contributed by atoms with Crippen molar-refractivity contribution in [2.45, 2.75) is 20.0 Å². The van der Waals surface area contributed by atoms with Crippen LogP contribution in [0.2, 0.25) is 0 Å². The third-order valence-electron chi connectivity index (χ3n) is 4.41. The Morgan fingerprint density at radius 3 is 2.60 bits per heavy atom. The van der Waals surface area contributed by atoms with E-state index in [9.17, 15) is 0 Å². The number of hydrogen-bond donors (Lipinski definition) is 1. The molecule has 0 fully saturated rings. The molecule has 0 atom stereocenters. The van der Waals surface area contributed by atoms with Crippen LogP contribution in [0.3, 0.4) is 0 Å². The van der Waals surface area contributed by atoms with Gasteiger partial charge in [0.25, 0.3) is 0 Å². The van der Waals surface area contributed by atoms with Crippen LogP contribution in [0.4, 0.5) is 0 Å². The van der Waals surface area contributed by atoms with Gasteiger partial charge >= 0.3 is 0 Å². The first-order chi connectivity index (χ1) is 12.3. The summed E-state index contributed by atoms with van der Waals surface area (Å²) in [5, 5.41) is 6.10. The number of nitrogens with one attached hydrogen (secondary N) is 1. The zero-order chi connectivity index (χ0) is 17.1. The molecule has 0 radical (unpaired) electrons. The van der Waals surface area contributed by atoms with Crippen LogP contribution in [0.15, 0.2) is 73.2 Å². The molecule has 0 saturated carbocycles. The van der Waals surface area contributed by atoms with Crippen molar-refractivity contribution in [3.05, 3.63) is 90.1 Å². The van der Waals surface area contributed by atoms with E-state index in [1.165, 1.54) is 21.9 Å². The second kappa shape index (κ2) is 6.87. The van der Waals surface area contributed by atoms with Crippen LogP contribution in [-0.2, 0) is 13.1 Å². The van der Waals surface area contributed by atoms with Gasteiger partial charge in [0.15, 0.2) is 0 Å². The molecular formula is C21H20N4. The average molecular weight is 328 g/mol. The molecule has 0 bridgehead atoms. The summed E-state index contributed by atoms with van der Waals surface area (Å²) in [7, 11) is 0. The van der Waals surface area contributed by atoms with E-state index in [2.05, 4.69) is 63.8 Å². The Balaban J connectivity index is 1.42. The number of pyridine rings is 1. The van der Waals surface area contributed by atoms with Crippen LogP contribution in [0.5, 0.6) is 0 Å². The normalized spacial score (nSPS) is 11.1. The van der Waals surface area contributed by atoms with E-state index >= 15 is 0 Å². The molecule has 4 heteroatoms. The van der Waals surface area contributed by atoms with Gasteiger partial charge < -0.3 is 5.32 Å². The van der Waals surface area contributed by atoms with Crippen molar-refractivity contribution >= 4 is 10.8 Å². The molecule has 2 heterocycles.